The highest BCUT2D eigenvalue weighted by Crippen LogP contribution is 2.38. The lowest BCUT2D eigenvalue weighted by Gasteiger charge is -2.20. The zero-order valence-electron chi connectivity index (χ0n) is 7.40. The SMILES string of the molecule is CC1(C)O[C@H]2O[C@H](C=O)[C@H](Cl)[C@H]2O1. The number of hydrogen-bond acceptors (Lipinski definition) is 4. The third kappa shape index (κ3) is 1.48. The van der Waals surface area contributed by atoms with Crippen LogP contribution in [0, 0.1) is 0 Å². The Morgan fingerprint density at radius 3 is 2.62 bits per heavy atom. The molecule has 0 aromatic rings. The summed E-state index contributed by atoms with van der Waals surface area (Å²) in [7, 11) is 0. The van der Waals surface area contributed by atoms with E-state index in [2.05, 4.69) is 0 Å². The molecule has 0 saturated carbocycles. The number of carbonyl (C=O) groups is 1. The third-order valence-corrected chi connectivity index (χ3v) is 2.64. The predicted octanol–water partition coefficient (Wildman–Crippen LogP) is 0.669. The fourth-order valence-electron chi connectivity index (χ4n) is 1.60. The first-order valence-electron chi connectivity index (χ1n) is 4.14. The van der Waals surface area contributed by atoms with Gasteiger partial charge in [-0.2, -0.15) is 0 Å². The maximum atomic E-state index is 10.5. The van der Waals surface area contributed by atoms with Gasteiger partial charge in [-0.15, -0.1) is 11.6 Å². The maximum Gasteiger partial charge on any atom is 0.189 e. The summed E-state index contributed by atoms with van der Waals surface area (Å²) in [6, 6.07) is 0. The first-order valence-corrected chi connectivity index (χ1v) is 4.57. The Balaban J connectivity index is 2.11. The summed E-state index contributed by atoms with van der Waals surface area (Å²) >= 11 is 5.95. The highest BCUT2D eigenvalue weighted by atomic mass is 35.5. The largest absolute Gasteiger partial charge is 0.340 e. The van der Waals surface area contributed by atoms with Crippen LogP contribution in [0.15, 0.2) is 0 Å². The van der Waals surface area contributed by atoms with Gasteiger partial charge in [0.15, 0.2) is 18.4 Å². The molecule has 0 unspecified atom stereocenters. The molecule has 2 saturated heterocycles. The van der Waals surface area contributed by atoms with E-state index in [0.717, 1.165) is 0 Å². The predicted molar refractivity (Wildman–Crippen MR) is 44.4 cm³/mol. The maximum absolute atomic E-state index is 10.5. The molecule has 0 radical (unpaired) electrons. The Hall–Kier alpha value is -0.160. The van der Waals surface area contributed by atoms with Crippen molar-refractivity contribution in [3.8, 4) is 0 Å². The van der Waals surface area contributed by atoms with Crippen LogP contribution >= 0.6 is 11.6 Å². The van der Waals surface area contributed by atoms with Crippen LogP contribution in [0.5, 0.6) is 0 Å². The Morgan fingerprint density at radius 2 is 2.08 bits per heavy atom. The first-order chi connectivity index (χ1) is 6.03. The molecule has 0 N–H and O–H groups in total. The van der Waals surface area contributed by atoms with Crippen molar-refractivity contribution in [2.45, 2.75) is 43.5 Å². The lowest BCUT2D eigenvalue weighted by atomic mass is 10.2. The van der Waals surface area contributed by atoms with Gasteiger partial charge in [0.25, 0.3) is 0 Å². The lowest BCUT2D eigenvalue weighted by Crippen LogP contribution is -2.31. The van der Waals surface area contributed by atoms with Crippen molar-refractivity contribution in [2.75, 3.05) is 0 Å². The number of carbonyl (C=O) groups excluding carboxylic acids is 1. The molecule has 2 fully saturated rings. The fourth-order valence-corrected chi connectivity index (χ4v) is 1.89. The second kappa shape index (κ2) is 2.92. The average molecular weight is 207 g/mol. The van der Waals surface area contributed by atoms with Gasteiger partial charge < -0.3 is 19.0 Å². The van der Waals surface area contributed by atoms with E-state index < -0.39 is 23.6 Å². The van der Waals surface area contributed by atoms with Crippen LogP contribution in [0.4, 0.5) is 0 Å². The molecule has 0 aromatic carbocycles. The summed E-state index contributed by atoms with van der Waals surface area (Å²) in [5, 5.41) is -0.454. The minimum Gasteiger partial charge on any atom is -0.340 e. The molecule has 74 valence electrons. The second-order valence-electron chi connectivity index (χ2n) is 3.65. The molecule has 2 aliphatic heterocycles. The standard InChI is InChI=1S/C8H11ClO4/c1-8(2)12-6-5(9)4(3-10)11-7(6)13-8/h3-7H,1-2H3/t4-,5+,6-,7-/m1/s1. The highest BCUT2D eigenvalue weighted by Gasteiger charge is 2.54. The molecule has 5 heteroatoms. The zero-order valence-corrected chi connectivity index (χ0v) is 8.15. The van der Waals surface area contributed by atoms with Crippen molar-refractivity contribution in [1.82, 2.24) is 0 Å². The average Bonchev–Trinajstić information content (AvgIpc) is 2.47. The third-order valence-electron chi connectivity index (χ3n) is 2.14. The number of halogens is 1. The van der Waals surface area contributed by atoms with Crippen molar-refractivity contribution >= 4 is 17.9 Å². The smallest absolute Gasteiger partial charge is 0.189 e. The van der Waals surface area contributed by atoms with E-state index in [0.29, 0.717) is 6.29 Å². The van der Waals surface area contributed by atoms with Crippen LogP contribution < -0.4 is 0 Å². The van der Waals surface area contributed by atoms with Gasteiger partial charge in [0.05, 0.1) is 5.38 Å². The Kier molecular flexibility index (Phi) is 2.11. The van der Waals surface area contributed by atoms with Gasteiger partial charge in [-0.25, -0.2) is 0 Å². The Bertz CT molecular complexity index is 230. The number of hydrogen-bond donors (Lipinski definition) is 0. The molecule has 0 amide bonds. The summed E-state index contributed by atoms with van der Waals surface area (Å²) in [6.07, 6.45) is -0.789. The molecule has 0 spiro atoms. The van der Waals surface area contributed by atoms with E-state index in [1.165, 1.54) is 0 Å². The molecule has 2 aliphatic rings. The number of ether oxygens (including phenoxy) is 3. The summed E-state index contributed by atoms with van der Waals surface area (Å²) in [4.78, 5) is 10.5. The zero-order chi connectivity index (χ0) is 9.64. The molecule has 2 heterocycles. The minimum atomic E-state index is -0.670. The van der Waals surface area contributed by atoms with Crippen molar-refractivity contribution in [3.63, 3.8) is 0 Å². The molecule has 4 atom stereocenters. The number of rotatable bonds is 1. The van der Waals surface area contributed by atoms with Gasteiger partial charge in [-0.3, -0.25) is 0 Å². The number of fused-ring (bicyclic) bond motifs is 1. The number of alkyl halides is 1. The molecular weight excluding hydrogens is 196 g/mol. The fraction of sp³-hybridized carbons (Fsp3) is 0.875. The Labute approximate surface area is 81.1 Å². The molecular formula is C8H11ClO4. The summed E-state index contributed by atoms with van der Waals surface area (Å²) in [6.45, 7) is 3.57. The van der Waals surface area contributed by atoms with E-state index in [4.69, 9.17) is 25.8 Å². The molecule has 0 bridgehead atoms. The molecule has 0 aromatic heterocycles. The normalized spacial score (nSPS) is 47.6. The van der Waals surface area contributed by atoms with E-state index >= 15 is 0 Å². The molecule has 0 aliphatic carbocycles. The summed E-state index contributed by atoms with van der Waals surface area (Å²) in [5.41, 5.74) is 0. The van der Waals surface area contributed by atoms with Crippen molar-refractivity contribution in [3.05, 3.63) is 0 Å². The van der Waals surface area contributed by atoms with Gasteiger partial charge in [-0.1, -0.05) is 0 Å². The summed E-state index contributed by atoms with van der Waals surface area (Å²) in [5.74, 6) is -0.670. The number of aldehydes is 1. The van der Waals surface area contributed by atoms with Crippen molar-refractivity contribution in [2.24, 2.45) is 0 Å². The monoisotopic (exact) mass is 206 g/mol. The van der Waals surface area contributed by atoms with Crippen molar-refractivity contribution in [1.29, 1.82) is 0 Å². The van der Waals surface area contributed by atoms with Crippen LogP contribution in [-0.4, -0.2) is 35.9 Å². The van der Waals surface area contributed by atoms with E-state index in [1.807, 2.05) is 0 Å². The van der Waals surface area contributed by atoms with Crippen molar-refractivity contribution < 1.29 is 19.0 Å². The first kappa shape index (κ1) is 9.40. The second-order valence-corrected chi connectivity index (χ2v) is 4.15. The lowest BCUT2D eigenvalue weighted by molar-refractivity contribution is -0.202. The van der Waals surface area contributed by atoms with Gasteiger partial charge in [0.1, 0.15) is 12.2 Å². The quantitative estimate of drug-likeness (QED) is 0.467. The van der Waals surface area contributed by atoms with Gasteiger partial charge in [0.2, 0.25) is 0 Å². The van der Waals surface area contributed by atoms with E-state index in [1.54, 1.807) is 13.8 Å². The van der Waals surface area contributed by atoms with E-state index in [9.17, 15) is 4.79 Å². The molecule has 2 rings (SSSR count). The van der Waals surface area contributed by atoms with Gasteiger partial charge >= 0.3 is 0 Å². The van der Waals surface area contributed by atoms with Crippen LogP contribution in [0.25, 0.3) is 0 Å². The van der Waals surface area contributed by atoms with E-state index in [-0.39, 0.29) is 6.10 Å². The summed E-state index contributed by atoms with van der Waals surface area (Å²) < 4.78 is 16.1. The van der Waals surface area contributed by atoms with Gasteiger partial charge in [0, 0.05) is 0 Å². The Morgan fingerprint density at radius 1 is 1.38 bits per heavy atom. The van der Waals surface area contributed by atoms with Crippen LogP contribution in [-0.2, 0) is 19.0 Å². The molecule has 4 nitrogen and oxygen atoms in total. The van der Waals surface area contributed by atoms with Crippen LogP contribution in [0.1, 0.15) is 13.8 Å². The minimum absolute atomic E-state index is 0.341. The van der Waals surface area contributed by atoms with Gasteiger partial charge in [-0.05, 0) is 13.8 Å². The topological polar surface area (TPSA) is 44.8 Å². The van der Waals surface area contributed by atoms with Crippen LogP contribution in [0.3, 0.4) is 0 Å². The molecule has 13 heavy (non-hydrogen) atoms. The van der Waals surface area contributed by atoms with Crippen LogP contribution in [0.2, 0.25) is 0 Å². The highest BCUT2D eigenvalue weighted by molar-refractivity contribution is 6.22.